The summed E-state index contributed by atoms with van der Waals surface area (Å²) in [5.74, 6) is -6.55. The maximum absolute atomic E-state index is 14.1. The number of carbonyl (C=O) groups excluding carboxylic acids is 3. The first kappa shape index (κ1) is 31.5. The molecule has 1 atom stereocenters. The van der Waals surface area contributed by atoms with E-state index in [0.717, 1.165) is 37.7 Å². The molecule has 14 heteroatoms. The highest BCUT2D eigenvalue weighted by atomic mass is 16.6. The van der Waals surface area contributed by atoms with E-state index in [1.54, 1.807) is 18.2 Å². The maximum Gasteiger partial charge on any atom is 0.271 e. The molecule has 1 fully saturated rings. The highest BCUT2D eigenvalue weighted by Gasteiger charge is 2.43. The van der Waals surface area contributed by atoms with Gasteiger partial charge in [0.2, 0.25) is 17.7 Å². The van der Waals surface area contributed by atoms with Crippen LogP contribution in [0.4, 0.5) is 22.7 Å². The van der Waals surface area contributed by atoms with E-state index in [1.807, 2.05) is 0 Å². The zero-order valence-electron chi connectivity index (χ0n) is 24.3. The second-order valence-corrected chi connectivity index (χ2v) is 10.9. The molecule has 0 bridgehead atoms. The second kappa shape index (κ2) is 13.8. The number of rotatable bonds is 10. The Morgan fingerprint density at radius 3 is 1.89 bits per heavy atom. The minimum Gasteiger partial charge on any atom is -0.464 e. The number of benzene rings is 3. The maximum atomic E-state index is 14.1. The first-order valence-electron chi connectivity index (χ1n) is 14.5. The van der Waals surface area contributed by atoms with Crippen LogP contribution in [0.2, 0.25) is 0 Å². The fourth-order valence-corrected chi connectivity index (χ4v) is 5.57. The van der Waals surface area contributed by atoms with E-state index in [1.165, 1.54) is 42.5 Å². The summed E-state index contributed by atoms with van der Waals surface area (Å²) in [4.78, 5) is 77.4. The smallest absolute Gasteiger partial charge is 0.271 e. The molecule has 46 heavy (non-hydrogen) atoms. The van der Waals surface area contributed by atoms with Gasteiger partial charge in [-0.1, -0.05) is 43.5 Å². The molecule has 5 rings (SSSR count). The van der Waals surface area contributed by atoms with Gasteiger partial charge in [-0.3, -0.25) is 39.4 Å². The molecule has 3 amide bonds. The van der Waals surface area contributed by atoms with Crippen molar-refractivity contribution in [3.8, 4) is 0 Å². The number of para-hydroxylation sites is 1. The number of hydrogen-bond donors (Lipinski definition) is 3. The molecular formula is C32H29N5O9. The number of non-ortho nitro benzene ring substituents is 2. The molecule has 3 aromatic carbocycles. The topological polar surface area (TPSA) is 204 Å². The van der Waals surface area contributed by atoms with Crippen LogP contribution in [0.25, 0.3) is 11.0 Å². The molecule has 0 radical (unpaired) electrons. The van der Waals surface area contributed by atoms with Crippen LogP contribution in [-0.2, 0) is 14.4 Å². The van der Waals surface area contributed by atoms with Crippen molar-refractivity contribution in [2.45, 2.75) is 44.1 Å². The summed E-state index contributed by atoms with van der Waals surface area (Å²) in [6.45, 7) is 0. The van der Waals surface area contributed by atoms with Gasteiger partial charge >= 0.3 is 0 Å². The van der Waals surface area contributed by atoms with Gasteiger partial charge < -0.3 is 20.4 Å². The molecule has 1 aromatic heterocycles. The van der Waals surface area contributed by atoms with Crippen molar-refractivity contribution in [3.63, 3.8) is 0 Å². The summed E-state index contributed by atoms with van der Waals surface area (Å²) in [7, 11) is 0. The largest absolute Gasteiger partial charge is 0.464 e. The Balaban J connectivity index is 1.62. The van der Waals surface area contributed by atoms with Gasteiger partial charge in [-0.25, -0.2) is 0 Å². The molecule has 1 aliphatic rings. The van der Waals surface area contributed by atoms with Crippen LogP contribution in [0.5, 0.6) is 0 Å². The van der Waals surface area contributed by atoms with Crippen molar-refractivity contribution in [1.82, 2.24) is 5.32 Å². The van der Waals surface area contributed by atoms with Crippen LogP contribution in [0.3, 0.4) is 0 Å². The van der Waals surface area contributed by atoms with Crippen molar-refractivity contribution < 1.29 is 28.6 Å². The average molecular weight is 628 g/mol. The van der Waals surface area contributed by atoms with E-state index in [0.29, 0.717) is 12.8 Å². The number of fused-ring (bicyclic) bond motifs is 1. The zero-order chi connectivity index (χ0) is 32.8. The number of hydrogen-bond acceptors (Lipinski definition) is 9. The highest BCUT2D eigenvalue weighted by molar-refractivity contribution is 6.14. The van der Waals surface area contributed by atoms with Crippen LogP contribution in [0.15, 0.2) is 88.3 Å². The SMILES string of the molecule is O=C(Nc1cccc([N+](=O)[O-])c1)C(C(=O)Nc1cccc([N+](=O)[O-])c1)C(C(=O)NC1CCCCC1)c1coc2ccccc2c1=O. The first-order valence-corrected chi connectivity index (χ1v) is 14.5. The number of amides is 3. The van der Waals surface area contributed by atoms with E-state index >= 15 is 0 Å². The fraction of sp³-hybridized carbons (Fsp3) is 0.250. The number of nitrogens with one attached hydrogen (secondary N) is 3. The summed E-state index contributed by atoms with van der Waals surface area (Å²) in [6, 6.07) is 16.0. The third-order valence-corrected chi connectivity index (χ3v) is 7.82. The molecule has 4 aromatic rings. The molecule has 236 valence electrons. The highest BCUT2D eigenvalue weighted by Crippen LogP contribution is 2.30. The molecule has 0 aliphatic heterocycles. The third-order valence-electron chi connectivity index (χ3n) is 7.82. The Morgan fingerprint density at radius 2 is 1.33 bits per heavy atom. The van der Waals surface area contributed by atoms with E-state index in [2.05, 4.69) is 16.0 Å². The lowest BCUT2D eigenvalue weighted by molar-refractivity contribution is -0.385. The van der Waals surface area contributed by atoms with Crippen molar-refractivity contribution in [3.05, 3.63) is 115 Å². The van der Waals surface area contributed by atoms with Gasteiger partial charge in [0.05, 0.1) is 27.4 Å². The summed E-state index contributed by atoms with van der Waals surface area (Å²) in [5, 5.41) is 30.7. The lowest BCUT2D eigenvalue weighted by atomic mass is 9.83. The normalized spacial score (nSPS) is 13.9. The average Bonchev–Trinajstić information content (AvgIpc) is 3.04. The van der Waals surface area contributed by atoms with Crippen LogP contribution in [-0.4, -0.2) is 33.6 Å². The monoisotopic (exact) mass is 627 g/mol. The molecule has 1 saturated carbocycles. The third kappa shape index (κ3) is 7.07. The van der Waals surface area contributed by atoms with E-state index in [4.69, 9.17) is 4.42 Å². The van der Waals surface area contributed by atoms with Gasteiger partial charge in [0.25, 0.3) is 11.4 Å². The van der Waals surface area contributed by atoms with E-state index < -0.39 is 44.8 Å². The standard InChI is InChI=1S/C32H29N5O9/c38-29-24-14-4-5-15-26(24)46-18-25(29)27(30(39)33-19-8-2-1-3-9-19)28(31(40)34-20-10-6-12-22(16-20)36(42)43)32(41)35-21-11-7-13-23(17-21)37(44)45/h4-7,10-19,27-28H,1-3,8-9H2,(H,33,39)(H,34,40)(H,35,41). The number of nitrogens with zero attached hydrogens (tertiary/aromatic N) is 2. The van der Waals surface area contributed by atoms with Crippen LogP contribution in [0, 0.1) is 26.1 Å². The first-order chi connectivity index (χ1) is 22.1. The van der Waals surface area contributed by atoms with Crippen molar-refractivity contribution in [1.29, 1.82) is 0 Å². The molecule has 0 saturated heterocycles. The van der Waals surface area contributed by atoms with Gasteiger partial charge in [0.15, 0.2) is 5.43 Å². The van der Waals surface area contributed by atoms with Gasteiger partial charge in [-0.2, -0.15) is 0 Å². The number of nitro benzene ring substituents is 2. The van der Waals surface area contributed by atoms with Crippen molar-refractivity contribution in [2.75, 3.05) is 10.6 Å². The van der Waals surface area contributed by atoms with Crippen LogP contribution < -0.4 is 21.4 Å². The lowest BCUT2D eigenvalue weighted by Crippen LogP contribution is -2.48. The van der Waals surface area contributed by atoms with E-state index in [-0.39, 0.29) is 45.3 Å². The Labute approximate surface area is 261 Å². The summed E-state index contributed by atoms with van der Waals surface area (Å²) in [5.41, 5.74) is -1.42. The predicted molar refractivity (Wildman–Crippen MR) is 167 cm³/mol. The van der Waals surface area contributed by atoms with Crippen molar-refractivity contribution >= 4 is 51.4 Å². The molecule has 1 heterocycles. The number of anilines is 2. The molecule has 0 spiro atoms. The molecule has 14 nitrogen and oxygen atoms in total. The molecular weight excluding hydrogens is 598 g/mol. The van der Waals surface area contributed by atoms with Gasteiger partial charge in [-0.05, 0) is 37.1 Å². The zero-order valence-corrected chi connectivity index (χ0v) is 24.3. The Kier molecular flexibility index (Phi) is 9.45. The Morgan fingerprint density at radius 1 is 0.761 bits per heavy atom. The minimum absolute atomic E-state index is 0.0377. The quantitative estimate of drug-likeness (QED) is 0.122. The molecule has 3 N–H and O–H groups in total. The number of nitro groups is 2. The summed E-state index contributed by atoms with van der Waals surface area (Å²) >= 11 is 0. The summed E-state index contributed by atoms with van der Waals surface area (Å²) < 4.78 is 5.68. The fourth-order valence-electron chi connectivity index (χ4n) is 5.57. The van der Waals surface area contributed by atoms with Gasteiger partial charge in [0.1, 0.15) is 11.5 Å². The van der Waals surface area contributed by atoms with Crippen molar-refractivity contribution in [2.24, 2.45) is 5.92 Å². The van der Waals surface area contributed by atoms with Gasteiger partial charge in [0, 0.05) is 47.2 Å². The Hall–Kier alpha value is -5.92. The summed E-state index contributed by atoms with van der Waals surface area (Å²) in [6.07, 6.45) is 5.08. The second-order valence-electron chi connectivity index (χ2n) is 10.9. The number of carbonyl (C=O) groups is 3. The van der Waals surface area contributed by atoms with Crippen LogP contribution >= 0.6 is 0 Å². The molecule has 1 aliphatic carbocycles. The lowest BCUT2D eigenvalue weighted by Gasteiger charge is -2.29. The Bertz CT molecular complexity index is 1810. The van der Waals surface area contributed by atoms with E-state index in [9.17, 15) is 39.4 Å². The van der Waals surface area contributed by atoms with Crippen LogP contribution in [0.1, 0.15) is 43.6 Å². The minimum atomic E-state index is -1.94. The predicted octanol–water partition coefficient (Wildman–Crippen LogP) is 5.04. The van der Waals surface area contributed by atoms with Gasteiger partial charge in [-0.15, -0.1) is 0 Å². The molecule has 1 unspecified atom stereocenters.